The smallest absolute Gasteiger partial charge is 0.407 e. The summed E-state index contributed by atoms with van der Waals surface area (Å²) in [6, 6.07) is 20.0. The van der Waals surface area contributed by atoms with Gasteiger partial charge in [-0.1, -0.05) is 62.4 Å². The molecule has 0 spiro atoms. The number of rotatable bonds is 12. The van der Waals surface area contributed by atoms with Crippen LogP contribution in [-0.2, 0) is 22.9 Å². The largest absolute Gasteiger partial charge is 0.465 e. The predicted molar refractivity (Wildman–Crippen MR) is 156 cm³/mol. The third-order valence-corrected chi connectivity index (χ3v) is 6.98. The monoisotopic (exact) mass is 567 g/mol. The van der Waals surface area contributed by atoms with Gasteiger partial charge in [-0.05, 0) is 71.2 Å². The third-order valence-electron chi connectivity index (χ3n) is 6.42. The fourth-order valence-electron chi connectivity index (χ4n) is 4.46. The van der Waals surface area contributed by atoms with Crippen molar-refractivity contribution in [2.75, 3.05) is 25.1 Å². The molecule has 10 heteroatoms. The summed E-state index contributed by atoms with van der Waals surface area (Å²) in [5.74, 6) is -0.378. The van der Waals surface area contributed by atoms with Crippen molar-refractivity contribution in [3.63, 3.8) is 0 Å². The van der Waals surface area contributed by atoms with Crippen molar-refractivity contribution >= 4 is 27.7 Å². The van der Waals surface area contributed by atoms with Gasteiger partial charge in [0, 0.05) is 17.8 Å². The standard InChI is InChI=1S/C30H37N3O6S/c1-20(2)17-25-18-24(12-15-27(25)29(35)32-40(3,38)39)22-8-6-21(7-9-22)5-4-16-33(30(36)37)19-28(34)23-10-13-26(31)14-11-23/h6-15,18,20,28,34H,4-5,16-17,19,31H2,1-3H3,(H,32,35)(H,36,37)/t28-/m0/s1. The van der Waals surface area contributed by atoms with Crippen LogP contribution >= 0.6 is 0 Å². The first-order valence-electron chi connectivity index (χ1n) is 13.1. The molecule has 0 aliphatic carbocycles. The molecule has 3 aromatic rings. The van der Waals surface area contributed by atoms with Crippen molar-refractivity contribution in [2.45, 2.75) is 39.2 Å². The number of sulfonamides is 1. The number of aryl methyl sites for hydroxylation is 1. The van der Waals surface area contributed by atoms with Gasteiger partial charge in [-0.15, -0.1) is 0 Å². The number of carbonyl (C=O) groups excluding carboxylic acids is 1. The number of hydrogen-bond acceptors (Lipinski definition) is 6. The summed E-state index contributed by atoms with van der Waals surface area (Å²) in [7, 11) is -3.67. The lowest BCUT2D eigenvalue weighted by molar-refractivity contribution is 0.0962. The van der Waals surface area contributed by atoms with Gasteiger partial charge in [-0.2, -0.15) is 0 Å². The molecule has 0 aromatic heterocycles. The number of nitrogens with zero attached hydrogens (tertiary/aromatic N) is 1. The first kappa shape index (κ1) is 30.6. The van der Waals surface area contributed by atoms with Crippen molar-refractivity contribution in [1.29, 1.82) is 0 Å². The van der Waals surface area contributed by atoms with E-state index in [2.05, 4.69) is 0 Å². The Kier molecular flexibility index (Phi) is 10.3. The number of nitrogen functional groups attached to an aromatic ring is 1. The van der Waals surface area contributed by atoms with Gasteiger partial charge in [0.05, 0.1) is 18.9 Å². The van der Waals surface area contributed by atoms with Crippen molar-refractivity contribution < 1.29 is 28.2 Å². The molecule has 3 rings (SSSR count). The molecule has 0 aliphatic heterocycles. The minimum atomic E-state index is -3.67. The highest BCUT2D eigenvalue weighted by Crippen LogP contribution is 2.26. The number of aliphatic hydroxyl groups is 1. The molecule has 1 atom stereocenters. The van der Waals surface area contributed by atoms with Crippen LogP contribution in [-0.4, -0.2) is 54.9 Å². The van der Waals surface area contributed by atoms with Crippen LogP contribution in [0.3, 0.4) is 0 Å². The van der Waals surface area contributed by atoms with Gasteiger partial charge in [0.1, 0.15) is 0 Å². The van der Waals surface area contributed by atoms with Crippen LogP contribution in [0.1, 0.15) is 53.4 Å². The zero-order valence-electron chi connectivity index (χ0n) is 23.0. The molecule has 3 aromatic carbocycles. The van der Waals surface area contributed by atoms with E-state index < -0.39 is 28.1 Å². The van der Waals surface area contributed by atoms with Gasteiger partial charge in [0.2, 0.25) is 10.0 Å². The van der Waals surface area contributed by atoms with Crippen LogP contribution in [0.4, 0.5) is 10.5 Å². The van der Waals surface area contributed by atoms with Crippen LogP contribution in [0.25, 0.3) is 11.1 Å². The molecule has 2 amide bonds. The lowest BCUT2D eigenvalue weighted by Gasteiger charge is -2.22. The summed E-state index contributed by atoms with van der Waals surface area (Å²) in [4.78, 5) is 25.5. The van der Waals surface area contributed by atoms with E-state index >= 15 is 0 Å². The zero-order valence-corrected chi connectivity index (χ0v) is 23.8. The van der Waals surface area contributed by atoms with Crippen molar-refractivity contribution in [1.82, 2.24) is 9.62 Å². The molecule has 9 nitrogen and oxygen atoms in total. The molecule has 0 radical (unpaired) electrons. The molecule has 0 heterocycles. The number of nitrogens with one attached hydrogen (secondary N) is 1. The minimum Gasteiger partial charge on any atom is -0.465 e. The number of carbonyl (C=O) groups is 2. The van der Waals surface area contributed by atoms with Crippen LogP contribution < -0.4 is 10.5 Å². The van der Waals surface area contributed by atoms with Crippen molar-refractivity contribution in [3.8, 4) is 11.1 Å². The molecule has 40 heavy (non-hydrogen) atoms. The molecule has 0 saturated heterocycles. The summed E-state index contributed by atoms with van der Waals surface area (Å²) >= 11 is 0. The normalized spacial score (nSPS) is 12.2. The van der Waals surface area contributed by atoms with E-state index in [1.807, 2.05) is 48.9 Å². The van der Waals surface area contributed by atoms with Crippen molar-refractivity contribution in [2.24, 2.45) is 5.92 Å². The fourth-order valence-corrected chi connectivity index (χ4v) is 4.91. The van der Waals surface area contributed by atoms with Crippen LogP contribution in [0, 0.1) is 5.92 Å². The number of amides is 2. The first-order valence-corrected chi connectivity index (χ1v) is 15.0. The number of hydrogen-bond donors (Lipinski definition) is 4. The Labute approximate surface area is 235 Å². The quantitative estimate of drug-likeness (QED) is 0.236. The second-order valence-corrected chi connectivity index (χ2v) is 12.1. The van der Waals surface area contributed by atoms with E-state index in [1.54, 1.807) is 36.4 Å². The lowest BCUT2D eigenvalue weighted by Crippen LogP contribution is -2.34. The first-order chi connectivity index (χ1) is 18.8. The maximum absolute atomic E-state index is 12.5. The average Bonchev–Trinajstić information content (AvgIpc) is 2.87. The van der Waals surface area contributed by atoms with Crippen LogP contribution in [0.15, 0.2) is 66.7 Å². The molecule has 214 valence electrons. The molecule has 5 N–H and O–H groups in total. The van der Waals surface area contributed by atoms with E-state index in [1.165, 1.54) is 4.90 Å². The number of carboxylic acid groups (broad SMARTS) is 1. The molecule has 0 unspecified atom stereocenters. The molecular formula is C30H37N3O6S. The van der Waals surface area contributed by atoms with E-state index in [0.29, 0.717) is 36.1 Å². The summed E-state index contributed by atoms with van der Waals surface area (Å²) in [5.41, 5.74) is 10.9. The van der Waals surface area contributed by atoms with Crippen LogP contribution in [0.2, 0.25) is 0 Å². The fraction of sp³-hybridized carbons (Fsp3) is 0.333. The molecule has 0 bridgehead atoms. The maximum atomic E-state index is 12.5. The van der Waals surface area contributed by atoms with E-state index in [0.717, 1.165) is 28.5 Å². The average molecular weight is 568 g/mol. The number of aliphatic hydroxyl groups excluding tert-OH is 1. The Morgan fingerprint density at radius 1 is 0.975 bits per heavy atom. The lowest BCUT2D eigenvalue weighted by atomic mass is 9.93. The van der Waals surface area contributed by atoms with Gasteiger partial charge < -0.3 is 20.8 Å². The van der Waals surface area contributed by atoms with Gasteiger partial charge >= 0.3 is 6.09 Å². The summed E-state index contributed by atoms with van der Waals surface area (Å²) in [5, 5.41) is 20.1. The topological polar surface area (TPSA) is 150 Å². The number of benzene rings is 3. The summed E-state index contributed by atoms with van der Waals surface area (Å²) < 4.78 is 25.1. The Morgan fingerprint density at radius 3 is 2.17 bits per heavy atom. The Hall–Kier alpha value is -3.89. The predicted octanol–water partition coefficient (Wildman–Crippen LogP) is 4.47. The molecule has 0 fully saturated rings. The molecular weight excluding hydrogens is 530 g/mol. The molecule has 0 aliphatic rings. The second kappa shape index (κ2) is 13.5. The Morgan fingerprint density at radius 2 is 1.60 bits per heavy atom. The maximum Gasteiger partial charge on any atom is 0.407 e. The van der Waals surface area contributed by atoms with Gasteiger partial charge in [-0.25, -0.2) is 17.9 Å². The van der Waals surface area contributed by atoms with E-state index in [4.69, 9.17) is 5.73 Å². The SMILES string of the molecule is CC(C)Cc1cc(-c2ccc(CCCN(C[C@H](O)c3ccc(N)cc3)C(=O)O)cc2)ccc1C(=O)NS(C)(=O)=O. The number of anilines is 1. The Balaban J connectivity index is 1.65. The zero-order chi connectivity index (χ0) is 29.4. The highest BCUT2D eigenvalue weighted by atomic mass is 32.2. The highest BCUT2D eigenvalue weighted by molar-refractivity contribution is 7.89. The van der Waals surface area contributed by atoms with Gasteiger partial charge in [0.15, 0.2) is 0 Å². The number of nitrogens with two attached hydrogens (primary N) is 1. The summed E-state index contributed by atoms with van der Waals surface area (Å²) in [6.45, 7) is 4.31. The summed E-state index contributed by atoms with van der Waals surface area (Å²) in [6.07, 6.45) is 0.781. The third kappa shape index (κ3) is 9.10. The van der Waals surface area contributed by atoms with Crippen LogP contribution in [0.5, 0.6) is 0 Å². The van der Waals surface area contributed by atoms with Gasteiger partial charge in [-0.3, -0.25) is 4.79 Å². The highest BCUT2D eigenvalue weighted by Gasteiger charge is 2.19. The van der Waals surface area contributed by atoms with Crippen molar-refractivity contribution in [3.05, 3.63) is 89.0 Å². The minimum absolute atomic E-state index is 0.0326. The molecule has 0 saturated carbocycles. The van der Waals surface area contributed by atoms with E-state index in [9.17, 15) is 28.2 Å². The second-order valence-electron chi connectivity index (χ2n) is 10.4. The Bertz CT molecular complexity index is 1420. The van der Waals surface area contributed by atoms with Gasteiger partial charge in [0.25, 0.3) is 5.91 Å². The van der Waals surface area contributed by atoms with E-state index in [-0.39, 0.29) is 19.0 Å².